The Hall–Kier alpha value is -0.0300. The van der Waals surface area contributed by atoms with Crippen molar-refractivity contribution < 1.29 is 19.3 Å². The molecule has 2 unspecified atom stereocenters. The van der Waals surface area contributed by atoms with Gasteiger partial charge in [0, 0.05) is 0 Å². The minimum Gasteiger partial charge on any atom is -0.465 e. The molecule has 1 saturated heterocycles. The first-order valence-corrected chi connectivity index (χ1v) is 7.44. The molecule has 0 saturated carbocycles. The van der Waals surface area contributed by atoms with Crippen LogP contribution in [0.15, 0.2) is 0 Å². The summed E-state index contributed by atoms with van der Waals surface area (Å²) in [5.41, 5.74) is -0.0472. The van der Waals surface area contributed by atoms with E-state index in [0.717, 1.165) is 0 Å². The van der Waals surface area contributed by atoms with Gasteiger partial charge >= 0.3 is 5.97 Å². The Morgan fingerprint density at radius 1 is 1.37 bits per heavy atom. The van der Waals surface area contributed by atoms with E-state index in [1.54, 1.807) is 0 Å². The van der Waals surface area contributed by atoms with Crippen molar-refractivity contribution in [1.29, 1.82) is 0 Å². The van der Waals surface area contributed by atoms with E-state index < -0.39 is 11.2 Å². The average molecular weight is 313 g/mol. The van der Waals surface area contributed by atoms with Gasteiger partial charge in [0.2, 0.25) is 0 Å². The number of ether oxygens (including phenoxy) is 1. The zero-order valence-corrected chi connectivity index (χ0v) is 13.4. The summed E-state index contributed by atoms with van der Waals surface area (Å²) in [6.07, 6.45) is 1.08. The van der Waals surface area contributed by atoms with Crippen LogP contribution in [-0.2, 0) is 19.3 Å². The topological polar surface area (TPSA) is 51.4 Å². The van der Waals surface area contributed by atoms with Gasteiger partial charge in [-0.2, -0.15) is 9.78 Å². The lowest BCUT2D eigenvalue weighted by molar-refractivity contribution is -0.151. The molecule has 2 atom stereocenters. The van der Waals surface area contributed by atoms with Crippen molar-refractivity contribution in [1.82, 2.24) is 0 Å². The monoisotopic (exact) mass is 312 g/mol. The second kappa shape index (κ2) is 6.61. The molecule has 4 nitrogen and oxygen atoms in total. The zero-order chi connectivity index (χ0) is 14.7. The van der Waals surface area contributed by atoms with Crippen LogP contribution in [0.5, 0.6) is 0 Å². The third-order valence-electron chi connectivity index (χ3n) is 2.93. The Labute approximate surface area is 124 Å². The minimum atomic E-state index is -0.930. The fraction of sp³-hybridized carbons (Fsp3) is 0.923. The third-order valence-corrected chi connectivity index (χ3v) is 3.81. The van der Waals surface area contributed by atoms with Crippen molar-refractivity contribution in [2.45, 2.75) is 51.7 Å². The van der Waals surface area contributed by atoms with Gasteiger partial charge in [-0.3, -0.25) is 4.79 Å². The maximum absolute atomic E-state index is 12.0. The van der Waals surface area contributed by atoms with Crippen LogP contribution in [0.4, 0.5) is 0 Å². The number of hydrogen-bond donors (Lipinski definition) is 0. The fourth-order valence-electron chi connectivity index (χ4n) is 1.55. The van der Waals surface area contributed by atoms with Crippen LogP contribution in [0.2, 0.25) is 0 Å². The van der Waals surface area contributed by atoms with Gasteiger partial charge in [0.05, 0.1) is 23.8 Å². The molecule has 0 aliphatic carbocycles. The molecule has 0 bridgehead atoms. The maximum atomic E-state index is 12.0. The number of hydrogen-bond acceptors (Lipinski definition) is 4. The van der Waals surface area contributed by atoms with E-state index in [1.807, 2.05) is 27.7 Å². The lowest BCUT2D eigenvalue weighted by Crippen LogP contribution is -2.32. The van der Waals surface area contributed by atoms with Gasteiger partial charge in [-0.15, -0.1) is 23.2 Å². The van der Waals surface area contributed by atoms with E-state index in [9.17, 15) is 4.79 Å². The van der Waals surface area contributed by atoms with Gasteiger partial charge in [-0.1, -0.05) is 27.7 Å². The highest BCUT2D eigenvalue weighted by Gasteiger charge is 2.55. The van der Waals surface area contributed by atoms with Crippen molar-refractivity contribution >= 4 is 29.2 Å². The molecule has 0 spiro atoms. The molecule has 0 N–H and O–H groups in total. The van der Waals surface area contributed by atoms with Crippen LogP contribution in [0, 0.1) is 11.3 Å². The van der Waals surface area contributed by atoms with Gasteiger partial charge in [0.1, 0.15) is 0 Å². The molecule has 0 aromatic carbocycles. The molecular formula is C13H22Cl2O4. The largest absolute Gasteiger partial charge is 0.465 e. The van der Waals surface area contributed by atoms with E-state index in [4.69, 9.17) is 37.7 Å². The molecule has 0 amide bonds. The summed E-state index contributed by atoms with van der Waals surface area (Å²) in [4.78, 5) is 21.7. The highest BCUT2D eigenvalue weighted by atomic mass is 35.5. The van der Waals surface area contributed by atoms with Crippen molar-refractivity contribution in [3.8, 4) is 0 Å². The Kier molecular flexibility index (Phi) is 5.93. The fourth-order valence-corrected chi connectivity index (χ4v) is 2.27. The molecule has 19 heavy (non-hydrogen) atoms. The Bertz CT molecular complexity index is 310. The van der Waals surface area contributed by atoms with E-state index >= 15 is 0 Å². The Morgan fingerprint density at radius 3 is 2.32 bits per heavy atom. The highest BCUT2D eigenvalue weighted by molar-refractivity contribution is 6.23. The predicted molar refractivity (Wildman–Crippen MR) is 74.1 cm³/mol. The van der Waals surface area contributed by atoms with Crippen molar-refractivity contribution in [3.63, 3.8) is 0 Å². The first kappa shape index (κ1) is 17.0. The smallest absolute Gasteiger partial charge is 0.308 e. The van der Waals surface area contributed by atoms with Crippen LogP contribution in [0.25, 0.3) is 0 Å². The van der Waals surface area contributed by atoms with Gasteiger partial charge in [-0.25, -0.2) is 0 Å². The van der Waals surface area contributed by atoms with Gasteiger partial charge in [0.25, 0.3) is 5.79 Å². The van der Waals surface area contributed by atoms with E-state index in [0.29, 0.717) is 19.4 Å². The molecule has 0 aromatic rings. The standard InChI is InChI=1S/C13H22Cl2O4/c1-5-9(11(16)17-8-12(2,3)4)6-10(15)13(7-14)18-19-13/h9-10H,5-8H2,1-4H3. The van der Waals surface area contributed by atoms with E-state index in [1.165, 1.54) is 0 Å². The summed E-state index contributed by atoms with van der Waals surface area (Å²) in [7, 11) is 0. The maximum Gasteiger partial charge on any atom is 0.308 e. The summed E-state index contributed by atoms with van der Waals surface area (Å²) in [6.45, 7) is 8.36. The third kappa shape index (κ3) is 5.10. The Balaban J connectivity index is 2.46. The molecule has 1 rings (SSSR count). The molecular weight excluding hydrogens is 291 g/mol. The predicted octanol–water partition coefficient (Wildman–Crippen LogP) is 3.50. The second-order valence-corrected chi connectivity index (χ2v) is 6.88. The highest BCUT2D eigenvalue weighted by Crippen LogP contribution is 2.40. The first-order chi connectivity index (χ1) is 8.74. The number of carbonyl (C=O) groups is 1. The summed E-state index contributed by atoms with van der Waals surface area (Å²) in [5, 5.41) is -0.461. The second-order valence-electron chi connectivity index (χ2n) is 6.09. The molecule has 1 heterocycles. The molecule has 0 aromatic heterocycles. The number of carbonyl (C=O) groups excluding carboxylic acids is 1. The number of alkyl halides is 2. The molecule has 1 fully saturated rings. The molecule has 112 valence electrons. The van der Waals surface area contributed by atoms with Crippen LogP contribution >= 0.6 is 23.2 Å². The van der Waals surface area contributed by atoms with Gasteiger partial charge in [-0.05, 0) is 18.3 Å². The summed E-state index contributed by atoms with van der Waals surface area (Å²) in [6, 6.07) is 0. The SMILES string of the molecule is CCC(CC(Cl)C1(CCl)OO1)C(=O)OCC(C)(C)C. The molecule has 0 radical (unpaired) electrons. The number of esters is 1. The van der Waals surface area contributed by atoms with Crippen LogP contribution in [0.1, 0.15) is 40.5 Å². The Morgan fingerprint density at radius 2 is 1.95 bits per heavy atom. The van der Waals surface area contributed by atoms with Gasteiger partial charge in [0.15, 0.2) is 0 Å². The quantitative estimate of drug-likeness (QED) is 0.312. The summed E-state index contributed by atoms with van der Waals surface area (Å²) in [5.74, 6) is -1.28. The number of rotatable bonds is 7. The molecule has 1 aliphatic rings. The first-order valence-electron chi connectivity index (χ1n) is 6.47. The minimum absolute atomic E-state index is 0.0472. The van der Waals surface area contributed by atoms with Crippen molar-refractivity contribution in [2.24, 2.45) is 11.3 Å². The zero-order valence-electron chi connectivity index (χ0n) is 11.9. The normalized spacial score (nSPS) is 20.7. The van der Waals surface area contributed by atoms with Gasteiger partial charge < -0.3 is 4.74 Å². The van der Waals surface area contributed by atoms with E-state index in [2.05, 4.69) is 0 Å². The summed E-state index contributed by atoms with van der Waals surface area (Å²) < 4.78 is 5.31. The number of halogens is 2. The lowest BCUT2D eigenvalue weighted by atomic mass is 9.96. The molecule has 6 heteroatoms. The van der Waals surface area contributed by atoms with Crippen LogP contribution in [0.3, 0.4) is 0 Å². The summed E-state index contributed by atoms with van der Waals surface area (Å²) >= 11 is 11.9. The average Bonchev–Trinajstić information content (AvgIpc) is 3.12. The molecule has 1 aliphatic heterocycles. The van der Waals surface area contributed by atoms with Crippen molar-refractivity contribution in [3.05, 3.63) is 0 Å². The van der Waals surface area contributed by atoms with Crippen LogP contribution < -0.4 is 0 Å². The van der Waals surface area contributed by atoms with E-state index in [-0.39, 0.29) is 23.2 Å². The van der Waals surface area contributed by atoms with Crippen LogP contribution in [-0.4, -0.2) is 29.6 Å². The van der Waals surface area contributed by atoms with Crippen molar-refractivity contribution in [2.75, 3.05) is 12.5 Å². The lowest BCUT2D eigenvalue weighted by Gasteiger charge is -2.22.